The van der Waals surface area contributed by atoms with Crippen LogP contribution in [0.3, 0.4) is 0 Å². The fraction of sp³-hybridized carbons (Fsp3) is 0.909. The number of likely N-dealkylation sites (N-methyl/N-ethyl adjacent to an activating group) is 1. The fourth-order valence-electron chi connectivity index (χ4n) is 2.17. The van der Waals surface area contributed by atoms with Gasteiger partial charge in [0.15, 0.2) is 5.79 Å². The van der Waals surface area contributed by atoms with E-state index in [0.29, 0.717) is 19.8 Å². The fourth-order valence-corrected chi connectivity index (χ4v) is 2.17. The lowest BCUT2D eigenvalue weighted by Gasteiger charge is -2.37. The Kier molecular flexibility index (Phi) is 3.47. The quantitative estimate of drug-likeness (QED) is 0.662. The zero-order valence-electron chi connectivity index (χ0n) is 10.1. The molecule has 0 N–H and O–H groups in total. The van der Waals surface area contributed by atoms with E-state index in [1.165, 1.54) is 0 Å². The lowest BCUT2D eigenvalue weighted by atomic mass is 10.0. The van der Waals surface area contributed by atoms with Gasteiger partial charge in [-0.3, -0.25) is 9.69 Å². The van der Waals surface area contributed by atoms with E-state index in [0.717, 1.165) is 25.9 Å². The van der Waals surface area contributed by atoms with Gasteiger partial charge < -0.3 is 14.4 Å². The summed E-state index contributed by atoms with van der Waals surface area (Å²) in [4.78, 5) is 15.3. The van der Waals surface area contributed by atoms with E-state index >= 15 is 0 Å². The Morgan fingerprint density at radius 2 is 1.81 bits per heavy atom. The van der Waals surface area contributed by atoms with Crippen LogP contribution in [-0.4, -0.2) is 68.4 Å². The highest BCUT2D eigenvalue weighted by atomic mass is 16.7. The van der Waals surface area contributed by atoms with Gasteiger partial charge in [0.2, 0.25) is 5.91 Å². The standard InChI is InChI=1S/C11H20N2O3/c1-12(2)10(14)9-13-5-3-11(4-6-13)15-7-8-16-11/h3-9H2,1-2H3. The van der Waals surface area contributed by atoms with Gasteiger partial charge in [0.05, 0.1) is 19.8 Å². The number of ether oxygens (including phenoxy) is 2. The first-order valence-electron chi connectivity index (χ1n) is 5.82. The van der Waals surface area contributed by atoms with Gasteiger partial charge in [-0.05, 0) is 0 Å². The molecule has 0 aromatic rings. The molecule has 0 atom stereocenters. The van der Waals surface area contributed by atoms with Crippen molar-refractivity contribution >= 4 is 5.91 Å². The van der Waals surface area contributed by atoms with Crippen molar-refractivity contribution in [3.63, 3.8) is 0 Å². The minimum Gasteiger partial charge on any atom is -0.348 e. The third kappa shape index (κ3) is 2.53. The van der Waals surface area contributed by atoms with Gasteiger partial charge in [-0.25, -0.2) is 0 Å². The number of nitrogens with zero attached hydrogens (tertiary/aromatic N) is 2. The average molecular weight is 228 g/mol. The monoisotopic (exact) mass is 228 g/mol. The highest BCUT2D eigenvalue weighted by molar-refractivity contribution is 5.77. The number of amides is 1. The van der Waals surface area contributed by atoms with Gasteiger partial charge >= 0.3 is 0 Å². The predicted molar refractivity (Wildman–Crippen MR) is 59.0 cm³/mol. The molecule has 0 bridgehead atoms. The maximum Gasteiger partial charge on any atom is 0.236 e. The lowest BCUT2D eigenvalue weighted by Crippen LogP contribution is -2.47. The molecule has 2 fully saturated rings. The summed E-state index contributed by atoms with van der Waals surface area (Å²) < 4.78 is 11.3. The molecule has 2 aliphatic rings. The van der Waals surface area contributed by atoms with Crippen LogP contribution in [0.4, 0.5) is 0 Å². The lowest BCUT2D eigenvalue weighted by molar-refractivity contribution is -0.186. The summed E-state index contributed by atoms with van der Waals surface area (Å²) in [5.74, 6) is -0.179. The van der Waals surface area contributed by atoms with Crippen LogP contribution in [0.2, 0.25) is 0 Å². The predicted octanol–water partition coefficient (Wildman–Crippen LogP) is -0.0865. The molecule has 2 aliphatic heterocycles. The maximum atomic E-state index is 11.5. The summed E-state index contributed by atoms with van der Waals surface area (Å²) in [7, 11) is 3.58. The topological polar surface area (TPSA) is 42.0 Å². The second-order valence-corrected chi connectivity index (χ2v) is 4.67. The molecule has 0 aromatic heterocycles. The third-order valence-electron chi connectivity index (χ3n) is 3.29. The van der Waals surface area contributed by atoms with Crippen molar-refractivity contribution in [2.24, 2.45) is 0 Å². The summed E-state index contributed by atoms with van der Waals surface area (Å²) in [6.07, 6.45) is 1.74. The number of hydrogen-bond acceptors (Lipinski definition) is 4. The van der Waals surface area contributed by atoms with Crippen molar-refractivity contribution in [3.05, 3.63) is 0 Å². The largest absolute Gasteiger partial charge is 0.348 e. The van der Waals surface area contributed by atoms with E-state index in [1.807, 2.05) is 0 Å². The summed E-state index contributed by atoms with van der Waals surface area (Å²) in [6.45, 7) is 3.66. The molecular formula is C11H20N2O3. The summed E-state index contributed by atoms with van der Waals surface area (Å²) in [5, 5.41) is 0. The van der Waals surface area contributed by atoms with Gasteiger partial charge in [-0.1, -0.05) is 0 Å². The number of carbonyl (C=O) groups is 1. The first kappa shape index (κ1) is 11.8. The number of carbonyl (C=O) groups excluding carboxylic acids is 1. The number of piperidine rings is 1. The van der Waals surface area contributed by atoms with Crippen molar-refractivity contribution in [2.75, 3.05) is 46.9 Å². The van der Waals surface area contributed by atoms with E-state index < -0.39 is 0 Å². The van der Waals surface area contributed by atoms with E-state index in [9.17, 15) is 4.79 Å². The van der Waals surface area contributed by atoms with Crippen molar-refractivity contribution in [1.29, 1.82) is 0 Å². The summed E-state index contributed by atoms with van der Waals surface area (Å²) in [6, 6.07) is 0. The smallest absolute Gasteiger partial charge is 0.236 e. The van der Waals surface area contributed by atoms with Gasteiger partial charge in [-0.15, -0.1) is 0 Å². The van der Waals surface area contributed by atoms with Gasteiger partial charge in [-0.2, -0.15) is 0 Å². The Morgan fingerprint density at radius 1 is 1.25 bits per heavy atom. The van der Waals surface area contributed by atoms with Crippen molar-refractivity contribution in [3.8, 4) is 0 Å². The minimum absolute atomic E-state index is 0.157. The van der Waals surface area contributed by atoms with E-state index in [1.54, 1.807) is 19.0 Å². The molecule has 16 heavy (non-hydrogen) atoms. The van der Waals surface area contributed by atoms with Gasteiger partial charge in [0.1, 0.15) is 0 Å². The van der Waals surface area contributed by atoms with Crippen molar-refractivity contribution in [1.82, 2.24) is 9.80 Å². The zero-order chi connectivity index (χ0) is 11.6. The maximum absolute atomic E-state index is 11.5. The molecule has 5 heteroatoms. The Balaban J connectivity index is 1.79. The van der Waals surface area contributed by atoms with E-state index in [2.05, 4.69) is 4.90 Å². The molecule has 0 unspecified atom stereocenters. The Hall–Kier alpha value is -0.650. The van der Waals surface area contributed by atoms with Crippen LogP contribution in [0, 0.1) is 0 Å². The summed E-state index contributed by atoms with van der Waals surface area (Å²) >= 11 is 0. The van der Waals surface area contributed by atoms with Crippen LogP contribution < -0.4 is 0 Å². The van der Waals surface area contributed by atoms with Crippen LogP contribution in [-0.2, 0) is 14.3 Å². The molecule has 0 radical (unpaired) electrons. The molecule has 1 amide bonds. The van der Waals surface area contributed by atoms with Gasteiger partial charge in [0, 0.05) is 40.0 Å². The van der Waals surface area contributed by atoms with Crippen LogP contribution in [0.15, 0.2) is 0 Å². The molecule has 92 valence electrons. The van der Waals surface area contributed by atoms with Crippen LogP contribution in [0.25, 0.3) is 0 Å². The normalized spacial score (nSPS) is 24.9. The zero-order valence-corrected chi connectivity index (χ0v) is 10.1. The molecule has 5 nitrogen and oxygen atoms in total. The first-order valence-corrected chi connectivity index (χ1v) is 5.82. The van der Waals surface area contributed by atoms with Crippen LogP contribution in [0.5, 0.6) is 0 Å². The Bertz CT molecular complexity index is 252. The first-order chi connectivity index (χ1) is 7.61. The molecule has 0 saturated carbocycles. The van der Waals surface area contributed by atoms with Crippen molar-refractivity contribution < 1.29 is 14.3 Å². The molecule has 2 saturated heterocycles. The molecule has 1 spiro atoms. The Morgan fingerprint density at radius 3 is 2.31 bits per heavy atom. The highest BCUT2D eigenvalue weighted by Gasteiger charge is 2.39. The molecule has 2 heterocycles. The minimum atomic E-state index is -0.336. The summed E-state index contributed by atoms with van der Waals surface area (Å²) in [5.41, 5.74) is 0. The van der Waals surface area contributed by atoms with Gasteiger partial charge in [0.25, 0.3) is 0 Å². The molecular weight excluding hydrogens is 208 g/mol. The van der Waals surface area contributed by atoms with E-state index in [4.69, 9.17) is 9.47 Å². The van der Waals surface area contributed by atoms with Crippen LogP contribution in [0.1, 0.15) is 12.8 Å². The number of hydrogen-bond donors (Lipinski definition) is 0. The SMILES string of the molecule is CN(C)C(=O)CN1CCC2(CC1)OCCO2. The second kappa shape index (κ2) is 4.69. The molecule has 0 aromatic carbocycles. The van der Waals surface area contributed by atoms with E-state index in [-0.39, 0.29) is 11.7 Å². The Labute approximate surface area is 96.3 Å². The number of rotatable bonds is 2. The van der Waals surface area contributed by atoms with Crippen molar-refractivity contribution in [2.45, 2.75) is 18.6 Å². The molecule has 0 aliphatic carbocycles. The number of likely N-dealkylation sites (tertiary alicyclic amines) is 1. The molecule has 2 rings (SSSR count). The highest BCUT2D eigenvalue weighted by Crippen LogP contribution is 2.30. The van der Waals surface area contributed by atoms with Crippen LogP contribution >= 0.6 is 0 Å². The average Bonchev–Trinajstić information content (AvgIpc) is 2.70. The third-order valence-corrected chi connectivity index (χ3v) is 3.29. The second-order valence-electron chi connectivity index (χ2n) is 4.67.